The lowest BCUT2D eigenvalue weighted by molar-refractivity contribution is 0.206. The first-order chi connectivity index (χ1) is 11.6. The molecule has 2 heterocycles. The Morgan fingerprint density at radius 3 is 2.88 bits per heavy atom. The topological polar surface area (TPSA) is 71.0 Å². The summed E-state index contributed by atoms with van der Waals surface area (Å²) >= 11 is 2.84. The van der Waals surface area contributed by atoms with Crippen LogP contribution in [-0.2, 0) is 19.5 Å². The number of rotatable bonds is 5. The van der Waals surface area contributed by atoms with Crippen LogP contribution in [0, 0.1) is 6.92 Å². The smallest absolute Gasteiger partial charge is 0.317 e. The molecule has 0 saturated heterocycles. The molecule has 24 heavy (non-hydrogen) atoms. The Balaban J connectivity index is 1.59. The molecule has 3 rings (SSSR count). The van der Waals surface area contributed by atoms with E-state index in [0.717, 1.165) is 38.6 Å². The minimum absolute atomic E-state index is 0.0976. The molecule has 0 radical (unpaired) electrons. The number of urea groups is 1. The molecule has 3 aromatic rings. The van der Waals surface area contributed by atoms with Gasteiger partial charge in [-0.15, -0.1) is 11.3 Å². The van der Waals surface area contributed by atoms with Crippen molar-refractivity contribution in [2.24, 2.45) is 0 Å². The van der Waals surface area contributed by atoms with Crippen molar-refractivity contribution < 1.29 is 4.79 Å². The summed E-state index contributed by atoms with van der Waals surface area (Å²) in [5.74, 6) is 0. The molecule has 0 aliphatic heterocycles. The standard InChI is InChI=1S/C16H19N5OS2/c1-4-12-15(23-10(2)18-12)8-17-16(22)21(3)9-11-5-6-13-14(7-11)20-24-19-13/h5-7H,4,8-9H2,1-3H3,(H,17,22). The summed E-state index contributed by atoms with van der Waals surface area (Å²) in [6.07, 6.45) is 0.882. The summed E-state index contributed by atoms with van der Waals surface area (Å²) in [5.41, 5.74) is 3.88. The van der Waals surface area contributed by atoms with Gasteiger partial charge in [0.1, 0.15) is 11.0 Å². The predicted octanol–water partition coefficient (Wildman–Crippen LogP) is 3.36. The second kappa shape index (κ2) is 7.23. The van der Waals surface area contributed by atoms with E-state index >= 15 is 0 Å². The Morgan fingerprint density at radius 2 is 2.08 bits per heavy atom. The Hall–Kier alpha value is -2.06. The summed E-state index contributed by atoms with van der Waals surface area (Å²) in [6.45, 7) is 5.12. The molecule has 1 N–H and O–H groups in total. The summed E-state index contributed by atoms with van der Waals surface area (Å²) < 4.78 is 8.42. The molecule has 126 valence electrons. The normalized spacial score (nSPS) is 11.0. The van der Waals surface area contributed by atoms with Gasteiger partial charge < -0.3 is 10.2 Å². The van der Waals surface area contributed by atoms with Crippen LogP contribution in [0.25, 0.3) is 11.0 Å². The second-order valence-electron chi connectivity index (χ2n) is 5.56. The maximum atomic E-state index is 12.3. The van der Waals surface area contributed by atoms with Crippen LogP contribution < -0.4 is 5.32 Å². The predicted molar refractivity (Wildman–Crippen MR) is 97.3 cm³/mol. The average molecular weight is 361 g/mol. The van der Waals surface area contributed by atoms with E-state index in [1.807, 2.05) is 25.1 Å². The third-order valence-electron chi connectivity index (χ3n) is 3.70. The van der Waals surface area contributed by atoms with E-state index in [1.54, 1.807) is 23.3 Å². The number of aromatic nitrogens is 3. The molecule has 0 bridgehead atoms. The van der Waals surface area contributed by atoms with Crippen LogP contribution in [0.15, 0.2) is 18.2 Å². The number of nitrogens with zero attached hydrogens (tertiary/aromatic N) is 4. The van der Waals surface area contributed by atoms with Gasteiger partial charge in [0, 0.05) is 18.5 Å². The molecule has 6 nitrogen and oxygen atoms in total. The van der Waals surface area contributed by atoms with Gasteiger partial charge in [-0.1, -0.05) is 13.0 Å². The Kier molecular flexibility index (Phi) is 5.06. The van der Waals surface area contributed by atoms with E-state index in [-0.39, 0.29) is 6.03 Å². The zero-order valence-electron chi connectivity index (χ0n) is 13.9. The highest BCUT2D eigenvalue weighted by Gasteiger charge is 2.12. The quantitative estimate of drug-likeness (QED) is 0.756. The fourth-order valence-corrected chi connectivity index (χ4v) is 3.97. The first kappa shape index (κ1) is 16.8. The summed E-state index contributed by atoms with van der Waals surface area (Å²) in [7, 11) is 1.79. The number of aryl methyl sites for hydroxylation is 2. The molecule has 0 aliphatic carbocycles. The second-order valence-corrected chi connectivity index (χ2v) is 7.37. The summed E-state index contributed by atoms with van der Waals surface area (Å²) in [4.78, 5) is 19.6. The first-order valence-corrected chi connectivity index (χ1v) is 9.27. The van der Waals surface area contributed by atoms with Crippen molar-refractivity contribution in [3.63, 3.8) is 0 Å². The third-order valence-corrected chi connectivity index (χ3v) is 5.27. The van der Waals surface area contributed by atoms with Crippen molar-refractivity contribution in [1.29, 1.82) is 0 Å². The van der Waals surface area contributed by atoms with Gasteiger partial charge in [-0.25, -0.2) is 9.78 Å². The molecule has 0 saturated carbocycles. The largest absolute Gasteiger partial charge is 0.333 e. The number of hydrogen-bond donors (Lipinski definition) is 1. The lowest BCUT2D eigenvalue weighted by Gasteiger charge is -2.18. The van der Waals surface area contributed by atoms with E-state index in [0.29, 0.717) is 13.1 Å². The lowest BCUT2D eigenvalue weighted by atomic mass is 10.2. The highest BCUT2D eigenvalue weighted by Crippen LogP contribution is 2.18. The van der Waals surface area contributed by atoms with Gasteiger partial charge in [0.2, 0.25) is 0 Å². The number of nitrogens with one attached hydrogen (secondary N) is 1. The van der Waals surface area contributed by atoms with Crippen molar-refractivity contribution >= 4 is 40.1 Å². The molecule has 0 aliphatic rings. The van der Waals surface area contributed by atoms with Gasteiger partial charge in [-0.2, -0.15) is 8.75 Å². The van der Waals surface area contributed by atoms with Gasteiger partial charge in [0.25, 0.3) is 0 Å². The van der Waals surface area contributed by atoms with Crippen molar-refractivity contribution in [3.05, 3.63) is 39.3 Å². The Bertz CT molecular complexity index is 857. The zero-order valence-corrected chi connectivity index (χ0v) is 15.5. The molecule has 0 atom stereocenters. The minimum atomic E-state index is -0.0976. The van der Waals surface area contributed by atoms with E-state index in [9.17, 15) is 4.79 Å². The highest BCUT2D eigenvalue weighted by molar-refractivity contribution is 7.11. The molecule has 0 fully saturated rings. The monoisotopic (exact) mass is 361 g/mol. The third kappa shape index (κ3) is 3.70. The Morgan fingerprint density at radius 1 is 1.29 bits per heavy atom. The van der Waals surface area contributed by atoms with E-state index < -0.39 is 0 Å². The van der Waals surface area contributed by atoms with Gasteiger partial charge >= 0.3 is 6.03 Å². The number of benzene rings is 1. The maximum absolute atomic E-state index is 12.3. The van der Waals surface area contributed by atoms with Crippen LogP contribution in [-0.4, -0.2) is 31.7 Å². The molecule has 0 unspecified atom stereocenters. The number of amides is 2. The number of hydrogen-bond acceptors (Lipinski definition) is 6. The number of fused-ring (bicyclic) bond motifs is 1. The molecule has 2 aromatic heterocycles. The molecule has 1 aromatic carbocycles. The van der Waals surface area contributed by atoms with Gasteiger partial charge in [-0.3, -0.25) is 0 Å². The van der Waals surface area contributed by atoms with Crippen LogP contribution in [0.3, 0.4) is 0 Å². The fourth-order valence-electron chi connectivity index (χ4n) is 2.49. The van der Waals surface area contributed by atoms with Crippen LogP contribution in [0.4, 0.5) is 4.79 Å². The Labute approximate surface area is 148 Å². The minimum Gasteiger partial charge on any atom is -0.333 e. The fraction of sp³-hybridized carbons (Fsp3) is 0.375. The van der Waals surface area contributed by atoms with E-state index in [2.05, 4.69) is 26.0 Å². The first-order valence-electron chi connectivity index (χ1n) is 7.72. The van der Waals surface area contributed by atoms with Gasteiger partial charge in [-0.05, 0) is 31.0 Å². The summed E-state index contributed by atoms with van der Waals surface area (Å²) in [5, 5.41) is 4.01. The van der Waals surface area contributed by atoms with Crippen molar-refractivity contribution in [3.8, 4) is 0 Å². The number of carbonyl (C=O) groups excluding carboxylic acids is 1. The highest BCUT2D eigenvalue weighted by atomic mass is 32.1. The molecular formula is C16H19N5OS2. The van der Waals surface area contributed by atoms with E-state index in [1.165, 1.54) is 11.7 Å². The summed E-state index contributed by atoms with van der Waals surface area (Å²) in [6, 6.07) is 5.80. The van der Waals surface area contributed by atoms with Gasteiger partial charge in [0.05, 0.1) is 29.0 Å². The average Bonchev–Trinajstić information content (AvgIpc) is 3.17. The van der Waals surface area contributed by atoms with Crippen molar-refractivity contribution in [1.82, 2.24) is 23.9 Å². The molecule has 0 spiro atoms. The van der Waals surface area contributed by atoms with Crippen LogP contribution >= 0.6 is 23.1 Å². The van der Waals surface area contributed by atoms with Crippen LogP contribution in [0.1, 0.15) is 28.1 Å². The van der Waals surface area contributed by atoms with E-state index in [4.69, 9.17) is 0 Å². The van der Waals surface area contributed by atoms with Crippen LogP contribution in [0.5, 0.6) is 0 Å². The van der Waals surface area contributed by atoms with Crippen molar-refractivity contribution in [2.75, 3.05) is 7.05 Å². The number of thiazole rings is 1. The molecular weight excluding hydrogens is 342 g/mol. The lowest BCUT2D eigenvalue weighted by Crippen LogP contribution is -2.36. The van der Waals surface area contributed by atoms with Gasteiger partial charge in [0.15, 0.2) is 0 Å². The maximum Gasteiger partial charge on any atom is 0.317 e. The zero-order chi connectivity index (χ0) is 17.1. The number of carbonyl (C=O) groups is 1. The van der Waals surface area contributed by atoms with Crippen molar-refractivity contribution in [2.45, 2.75) is 33.4 Å². The molecule has 8 heteroatoms. The molecule has 2 amide bonds. The SMILES string of the molecule is CCc1nc(C)sc1CNC(=O)N(C)Cc1ccc2nsnc2c1. The van der Waals surface area contributed by atoms with Crippen LogP contribution in [0.2, 0.25) is 0 Å².